The zero-order valence-electron chi connectivity index (χ0n) is 6.50. The molecule has 4 aliphatic rings. The van der Waals surface area contributed by atoms with Gasteiger partial charge in [0.2, 0.25) is 6.10 Å². The minimum atomic E-state index is -1.21. The minimum absolute atomic E-state index is 0.148. The summed E-state index contributed by atoms with van der Waals surface area (Å²) in [5.74, 6) is -2.05. The highest BCUT2D eigenvalue weighted by Gasteiger charge is 2.99. The zero-order valence-corrected chi connectivity index (χ0v) is 6.50. The molecule has 13 heavy (non-hydrogen) atoms. The number of hydrogen-bond donors (Lipinski definition) is 2. The molecular formula is C6H8O7. The van der Waals surface area contributed by atoms with Crippen LogP contribution in [0.5, 0.6) is 0 Å². The molecule has 74 valence electrons. The monoisotopic (exact) mass is 192 g/mol. The van der Waals surface area contributed by atoms with Crippen LogP contribution in [0.2, 0.25) is 0 Å². The first kappa shape index (κ1) is 8.06. The number of aliphatic hydroxyl groups excluding tert-OH is 2. The van der Waals surface area contributed by atoms with Crippen molar-refractivity contribution in [3.8, 4) is 0 Å². The van der Waals surface area contributed by atoms with Crippen molar-refractivity contribution in [1.82, 2.24) is 0 Å². The van der Waals surface area contributed by atoms with Crippen LogP contribution in [0.1, 0.15) is 0 Å². The van der Waals surface area contributed by atoms with E-state index in [4.69, 9.17) is 29.3 Å². The van der Waals surface area contributed by atoms with Crippen LogP contribution in [-0.2, 0) is 24.0 Å². The maximum absolute atomic E-state index is 8.87. The molecule has 2 unspecified atom stereocenters. The summed E-state index contributed by atoms with van der Waals surface area (Å²) in [5.41, 5.74) is 0. The molecule has 1 spiro atoms. The minimum Gasteiger partial charge on any atom is -0.394 e. The lowest BCUT2D eigenvalue weighted by atomic mass is 10.2. The summed E-state index contributed by atoms with van der Waals surface area (Å²) < 4.78 is 14.8. The zero-order chi connectivity index (χ0) is 9.10. The molecule has 2 N–H and O–H groups in total. The van der Waals surface area contributed by atoms with Gasteiger partial charge in [-0.2, -0.15) is 4.89 Å². The molecular weight excluding hydrogens is 184 g/mol. The average molecular weight is 192 g/mol. The maximum Gasteiger partial charge on any atom is 0.356 e. The second-order valence-electron chi connectivity index (χ2n) is 3.11. The van der Waals surface area contributed by atoms with E-state index in [1.165, 1.54) is 0 Å². The first-order valence-corrected chi connectivity index (χ1v) is 3.88. The van der Waals surface area contributed by atoms with Crippen LogP contribution in [-0.4, -0.2) is 47.6 Å². The van der Waals surface area contributed by atoms with E-state index < -0.39 is 18.1 Å². The van der Waals surface area contributed by atoms with E-state index in [9.17, 15) is 0 Å². The maximum atomic E-state index is 8.87. The van der Waals surface area contributed by atoms with Crippen LogP contribution in [0.25, 0.3) is 0 Å². The van der Waals surface area contributed by atoms with Gasteiger partial charge in [0.05, 0.1) is 6.61 Å². The molecule has 4 aliphatic heterocycles. The molecule has 4 fully saturated rings. The van der Waals surface area contributed by atoms with Gasteiger partial charge in [-0.3, -0.25) is 9.47 Å². The highest BCUT2D eigenvalue weighted by atomic mass is 17.3. The van der Waals surface area contributed by atoms with Gasteiger partial charge in [-0.05, 0) is 0 Å². The van der Waals surface area contributed by atoms with Gasteiger partial charge in [0.1, 0.15) is 12.7 Å². The topological polar surface area (TPSA) is 89.9 Å². The normalized spacial score (nSPS) is 51.7. The fraction of sp³-hybridized carbons (Fsp3) is 1.00. The highest BCUT2D eigenvalue weighted by molar-refractivity contribution is 5.15. The number of ether oxygens (including phenoxy) is 3. The summed E-state index contributed by atoms with van der Waals surface area (Å²) >= 11 is 0. The largest absolute Gasteiger partial charge is 0.394 e. The third-order valence-corrected chi connectivity index (χ3v) is 2.08. The van der Waals surface area contributed by atoms with Gasteiger partial charge in [0, 0.05) is 0 Å². The summed E-state index contributed by atoms with van der Waals surface area (Å²) in [4.78, 5) is 9.30. The third-order valence-electron chi connectivity index (χ3n) is 2.08. The summed E-state index contributed by atoms with van der Waals surface area (Å²) in [6.45, 7) is -0.535. The molecule has 0 aromatic heterocycles. The Bertz CT molecular complexity index is 235. The number of aliphatic hydroxyl groups is 2. The predicted octanol–water partition coefficient (Wildman–Crippen LogP) is -1.95. The summed E-state index contributed by atoms with van der Waals surface area (Å²) in [7, 11) is 0. The summed E-state index contributed by atoms with van der Waals surface area (Å²) in [5, 5.41) is 17.3. The molecule has 2 bridgehead atoms. The molecule has 4 saturated heterocycles. The van der Waals surface area contributed by atoms with E-state index in [-0.39, 0.29) is 19.3 Å². The lowest BCUT2D eigenvalue weighted by molar-refractivity contribution is -0.681. The standard InChI is InChI=1S/C6H8O7/c7-1-3(8)2-9-13-6-4-5(10-4,11-6)12-6/h3-4,7-8H,1-2H2. The van der Waals surface area contributed by atoms with Gasteiger partial charge >= 0.3 is 11.9 Å². The Kier molecular flexibility index (Phi) is 1.37. The van der Waals surface area contributed by atoms with Crippen LogP contribution >= 0.6 is 0 Å². The van der Waals surface area contributed by atoms with Crippen LogP contribution in [0, 0.1) is 0 Å². The van der Waals surface area contributed by atoms with Gasteiger partial charge in [-0.15, -0.1) is 0 Å². The molecule has 0 aliphatic carbocycles. The quantitative estimate of drug-likeness (QED) is 0.297. The molecule has 4 rings (SSSR count). The van der Waals surface area contributed by atoms with E-state index in [0.29, 0.717) is 0 Å². The number of hydrogen-bond acceptors (Lipinski definition) is 7. The second-order valence-corrected chi connectivity index (χ2v) is 3.11. The number of rotatable bonds is 5. The summed E-state index contributed by atoms with van der Waals surface area (Å²) in [6, 6.07) is 0. The van der Waals surface area contributed by atoms with Crippen LogP contribution in [0.3, 0.4) is 0 Å². The number of epoxide rings is 1. The Hall–Kier alpha value is -0.280. The van der Waals surface area contributed by atoms with Crippen molar-refractivity contribution in [3.63, 3.8) is 0 Å². The van der Waals surface area contributed by atoms with Crippen LogP contribution in [0.4, 0.5) is 0 Å². The lowest BCUT2D eigenvalue weighted by Gasteiger charge is -2.50. The Morgan fingerprint density at radius 1 is 1.46 bits per heavy atom. The van der Waals surface area contributed by atoms with Gasteiger partial charge in [-0.25, -0.2) is 4.89 Å². The molecule has 7 nitrogen and oxygen atoms in total. The first-order valence-electron chi connectivity index (χ1n) is 3.88. The first-order chi connectivity index (χ1) is 6.21. The van der Waals surface area contributed by atoms with Gasteiger partial charge in [0.15, 0.2) is 0 Å². The van der Waals surface area contributed by atoms with E-state index in [2.05, 4.69) is 4.89 Å². The van der Waals surface area contributed by atoms with Crippen molar-refractivity contribution in [2.75, 3.05) is 13.2 Å². The average Bonchev–Trinajstić information content (AvgIpc) is 2.59. The van der Waals surface area contributed by atoms with Crippen LogP contribution < -0.4 is 0 Å². The fourth-order valence-electron chi connectivity index (χ4n) is 1.29. The van der Waals surface area contributed by atoms with E-state index in [1.54, 1.807) is 0 Å². The molecule has 0 saturated carbocycles. The van der Waals surface area contributed by atoms with Crippen LogP contribution in [0.15, 0.2) is 0 Å². The van der Waals surface area contributed by atoms with Gasteiger partial charge in [0.25, 0.3) is 0 Å². The SMILES string of the molecule is OCC(O)COOC12OC3(OC13)O2. The highest BCUT2D eigenvalue weighted by Crippen LogP contribution is 2.72. The van der Waals surface area contributed by atoms with E-state index in [0.717, 1.165) is 0 Å². The van der Waals surface area contributed by atoms with E-state index in [1.807, 2.05) is 0 Å². The van der Waals surface area contributed by atoms with Crippen molar-refractivity contribution in [2.45, 2.75) is 24.2 Å². The second kappa shape index (κ2) is 2.20. The Balaban J connectivity index is 1.40. The van der Waals surface area contributed by atoms with Gasteiger partial charge < -0.3 is 14.9 Å². The Morgan fingerprint density at radius 2 is 2.23 bits per heavy atom. The third kappa shape index (κ3) is 0.868. The van der Waals surface area contributed by atoms with Crippen molar-refractivity contribution >= 4 is 0 Å². The van der Waals surface area contributed by atoms with Crippen molar-refractivity contribution in [3.05, 3.63) is 0 Å². The van der Waals surface area contributed by atoms with Crippen molar-refractivity contribution in [2.24, 2.45) is 0 Å². The molecule has 0 aromatic carbocycles. The smallest absolute Gasteiger partial charge is 0.356 e. The van der Waals surface area contributed by atoms with Crippen molar-refractivity contribution < 1.29 is 34.2 Å². The molecule has 0 radical (unpaired) electrons. The Morgan fingerprint density at radius 3 is 2.69 bits per heavy atom. The molecule has 2 atom stereocenters. The molecule has 7 heteroatoms. The Labute approximate surface area is 72.6 Å². The van der Waals surface area contributed by atoms with E-state index >= 15 is 0 Å². The lowest BCUT2D eigenvalue weighted by Crippen LogP contribution is -2.74. The fourth-order valence-corrected chi connectivity index (χ4v) is 1.29. The summed E-state index contributed by atoms with van der Waals surface area (Å²) in [6.07, 6.45) is -1.17. The predicted molar refractivity (Wildman–Crippen MR) is 32.6 cm³/mol. The molecule has 4 heterocycles. The van der Waals surface area contributed by atoms with Gasteiger partial charge in [-0.1, -0.05) is 0 Å². The van der Waals surface area contributed by atoms with Crippen molar-refractivity contribution in [1.29, 1.82) is 0 Å². The molecule has 0 aromatic rings. The molecule has 0 amide bonds.